The van der Waals surface area contributed by atoms with Crippen molar-refractivity contribution < 1.29 is 4.79 Å². The number of halogens is 2. The minimum absolute atomic E-state index is 0.0719. The van der Waals surface area contributed by atoms with Gasteiger partial charge in [0.2, 0.25) is 5.91 Å². The maximum absolute atomic E-state index is 11.0. The fraction of sp³-hybridized carbons (Fsp3) is 0.111. The lowest BCUT2D eigenvalue weighted by atomic mass is 10.5. The second kappa shape index (κ2) is 4.20. The van der Waals surface area contributed by atoms with Gasteiger partial charge in [-0.25, -0.2) is 4.98 Å². The van der Waals surface area contributed by atoms with Gasteiger partial charge in [-0.3, -0.25) is 4.79 Å². The number of rotatable bonds is 2. The normalized spacial score (nSPS) is 10.5. The van der Waals surface area contributed by atoms with Gasteiger partial charge in [-0.15, -0.1) is 11.6 Å². The van der Waals surface area contributed by atoms with Crippen molar-refractivity contribution in [3.05, 3.63) is 29.0 Å². The summed E-state index contributed by atoms with van der Waals surface area (Å²) in [5, 5.41) is 2.58. The largest absolute Gasteiger partial charge is 0.308 e. The average molecular weight is 289 g/mol. The number of hydrogen-bond acceptors (Lipinski definition) is 2. The smallest absolute Gasteiger partial charge is 0.240 e. The zero-order valence-corrected chi connectivity index (χ0v) is 9.92. The van der Waals surface area contributed by atoms with Crippen LogP contribution in [0.3, 0.4) is 0 Å². The Hall–Kier alpha value is -1.07. The maximum atomic E-state index is 11.0. The van der Waals surface area contributed by atoms with Gasteiger partial charge in [-0.2, -0.15) is 0 Å². The predicted molar refractivity (Wildman–Crippen MR) is 62.2 cm³/mol. The number of pyridine rings is 1. The molecule has 0 aromatic carbocycles. The van der Waals surface area contributed by atoms with Crippen molar-refractivity contribution in [1.29, 1.82) is 0 Å². The Morgan fingerprint density at radius 1 is 1.53 bits per heavy atom. The summed E-state index contributed by atoms with van der Waals surface area (Å²) in [6.07, 6.45) is 3.59. The van der Waals surface area contributed by atoms with Crippen molar-refractivity contribution in [3.63, 3.8) is 0 Å². The number of aromatic nitrogens is 2. The van der Waals surface area contributed by atoms with Crippen LogP contribution in [0.2, 0.25) is 0 Å². The van der Waals surface area contributed by atoms with E-state index in [-0.39, 0.29) is 11.8 Å². The van der Waals surface area contributed by atoms with E-state index in [0.717, 1.165) is 10.1 Å². The molecule has 0 unspecified atom stereocenters. The summed E-state index contributed by atoms with van der Waals surface area (Å²) in [6.45, 7) is 0. The summed E-state index contributed by atoms with van der Waals surface area (Å²) in [5.41, 5.74) is 0.767. The first-order valence-electron chi connectivity index (χ1n) is 4.19. The van der Waals surface area contributed by atoms with Crippen molar-refractivity contribution in [2.75, 3.05) is 11.2 Å². The second-order valence-corrected chi connectivity index (χ2v) is 4.10. The van der Waals surface area contributed by atoms with Gasteiger partial charge in [-0.1, -0.05) is 0 Å². The molecule has 0 saturated carbocycles. The van der Waals surface area contributed by atoms with Crippen LogP contribution in [0.1, 0.15) is 0 Å². The topological polar surface area (TPSA) is 46.4 Å². The molecule has 0 aliphatic carbocycles. The van der Waals surface area contributed by atoms with E-state index in [0.29, 0.717) is 5.82 Å². The van der Waals surface area contributed by atoms with E-state index in [1.807, 2.05) is 22.7 Å². The summed E-state index contributed by atoms with van der Waals surface area (Å²) in [7, 11) is 0. The number of carbonyl (C=O) groups excluding carboxylic acids is 1. The minimum Gasteiger partial charge on any atom is -0.308 e. The second-order valence-electron chi connectivity index (χ2n) is 2.92. The zero-order valence-electron chi connectivity index (χ0n) is 7.58. The van der Waals surface area contributed by atoms with Crippen LogP contribution < -0.4 is 5.32 Å². The van der Waals surface area contributed by atoms with Gasteiger partial charge in [0.15, 0.2) is 5.82 Å². The monoisotopic (exact) mass is 287 g/mol. The van der Waals surface area contributed by atoms with E-state index in [9.17, 15) is 4.79 Å². The molecule has 0 radical (unpaired) electrons. The number of fused-ring (bicyclic) bond motifs is 1. The molecular formula is C9H7BrClN3O. The average Bonchev–Trinajstić information content (AvgIpc) is 2.59. The summed E-state index contributed by atoms with van der Waals surface area (Å²) in [6, 6.07) is 3.73. The Morgan fingerprint density at radius 3 is 3.07 bits per heavy atom. The van der Waals surface area contributed by atoms with E-state index in [1.165, 1.54) is 0 Å². The molecule has 15 heavy (non-hydrogen) atoms. The van der Waals surface area contributed by atoms with Crippen molar-refractivity contribution in [1.82, 2.24) is 9.38 Å². The molecule has 0 spiro atoms. The van der Waals surface area contributed by atoms with E-state index in [4.69, 9.17) is 11.6 Å². The molecule has 0 fully saturated rings. The molecule has 0 bridgehead atoms. The number of carbonyl (C=O) groups is 1. The van der Waals surface area contributed by atoms with Gasteiger partial charge in [-0.05, 0) is 28.1 Å². The lowest BCUT2D eigenvalue weighted by molar-refractivity contribution is -0.113. The molecule has 1 N–H and O–H groups in total. The molecule has 0 saturated heterocycles. The van der Waals surface area contributed by atoms with Crippen molar-refractivity contribution in [2.24, 2.45) is 0 Å². The number of amides is 1. The molecular weight excluding hydrogens is 281 g/mol. The summed E-state index contributed by atoms with van der Waals surface area (Å²) < 4.78 is 2.76. The third-order valence-electron chi connectivity index (χ3n) is 1.80. The lowest BCUT2D eigenvalue weighted by Crippen LogP contribution is -2.12. The third kappa shape index (κ3) is 2.30. The fourth-order valence-electron chi connectivity index (χ4n) is 1.20. The molecule has 0 aliphatic heterocycles. The lowest BCUT2D eigenvalue weighted by Gasteiger charge is -1.94. The van der Waals surface area contributed by atoms with Crippen LogP contribution in [0.25, 0.3) is 5.65 Å². The van der Waals surface area contributed by atoms with Gasteiger partial charge in [0, 0.05) is 10.7 Å². The first kappa shape index (κ1) is 10.4. The SMILES string of the molecule is O=C(CCl)Nc1cn2cc(Br)ccc2n1. The quantitative estimate of drug-likeness (QED) is 0.862. The highest BCUT2D eigenvalue weighted by Gasteiger charge is 2.04. The van der Waals surface area contributed by atoms with Crippen LogP contribution >= 0.6 is 27.5 Å². The maximum Gasteiger partial charge on any atom is 0.240 e. The Labute approximate surface area is 99.4 Å². The van der Waals surface area contributed by atoms with Gasteiger partial charge in [0.25, 0.3) is 0 Å². The van der Waals surface area contributed by atoms with Crippen molar-refractivity contribution in [3.8, 4) is 0 Å². The van der Waals surface area contributed by atoms with Crippen LogP contribution in [-0.4, -0.2) is 21.2 Å². The molecule has 0 atom stereocenters. The Bertz CT molecular complexity index is 511. The number of imidazole rings is 1. The van der Waals surface area contributed by atoms with E-state index in [2.05, 4.69) is 26.2 Å². The van der Waals surface area contributed by atoms with Crippen LogP contribution in [-0.2, 0) is 4.79 Å². The Balaban J connectivity index is 2.34. The Morgan fingerprint density at radius 2 is 2.33 bits per heavy atom. The fourth-order valence-corrected chi connectivity index (χ4v) is 1.62. The first-order valence-corrected chi connectivity index (χ1v) is 5.52. The van der Waals surface area contributed by atoms with Gasteiger partial charge < -0.3 is 9.72 Å². The number of alkyl halides is 1. The van der Waals surface area contributed by atoms with Crippen molar-refractivity contribution in [2.45, 2.75) is 0 Å². The van der Waals surface area contributed by atoms with E-state index in [1.54, 1.807) is 6.20 Å². The number of nitrogens with one attached hydrogen (secondary N) is 1. The molecule has 2 aromatic heterocycles. The van der Waals surface area contributed by atoms with Gasteiger partial charge >= 0.3 is 0 Å². The molecule has 78 valence electrons. The highest BCUT2D eigenvalue weighted by molar-refractivity contribution is 9.10. The van der Waals surface area contributed by atoms with E-state index < -0.39 is 0 Å². The minimum atomic E-state index is -0.265. The van der Waals surface area contributed by atoms with Crippen LogP contribution in [0, 0.1) is 0 Å². The standard InChI is InChI=1S/C9H7BrClN3O/c10-6-1-2-8-12-7(5-14(8)4-6)13-9(15)3-11/h1-2,4-5H,3H2,(H,13,15). The third-order valence-corrected chi connectivity index (χ3v) is 2.52. The summed E-state index contributed by atoms with van der Waals surface area (Å²) in [5.74, 6) is 0.162. The van der Waals surface area contributed by atoms with Crippen LogP contribution in [0.15, 0.2) is 29.0 Å². The van der Waals surface area contributed by atoms with E-state index >= 15 is 0 Å². The molecule has 0 aliphatic rings. The van der Waals surface area contributed by atoms with Gasteiger partial charge in [0.1, 0.15) is 11.5 Å². The van der Waals surface area contributed by atoms with Crippen molar-refractivity contribution >= 4 is 44.9 Å². The molecule has 2 heterocycles. The van der Waals surface area contributed by atoms with Gasteiger partial charge in [0.05, 0.1) is 6.20 Å². The predicted octanol–water partition coefficient (Wildman–Crippen LogP) is 2.27. The van der Waals surface area contributed by atoms with Crippen LogP contribution in [0.5, 0.6) is 0 Å². The summed E-state index contributed by atoms with van der Waals surface area (Å²) in [4.78, 5) is 15.2. The molecule has 2 rings (SSSR count). The first-order chi connectivity index (χ1) is 7.19. The number of anilines is 1. The zero-order chi connectivity index (χ0) is 10.8. The molecule has 1 amide bonds. The van der Waals surface area contributed by atoms with Crippen LogP contribution in [0.4, 0.5) is 5.82 Å². The summed E-state index contributed by atoms with van der Waals surface area (Å²) >= 11 is 8.72. The highest BCUT2D eigenvalue weighted by atomic mass is 79.9. The molecule has 2 aromatic rings. The number of nitrogens with zero attached hydrogens (tertiary/aromatic N) is 2. The molecule has 4 nitrogen and oxygen atoms in total. The highest BCUT2D eigenvalue weighted by Crippen LogP contribution is 2.14. The number of hydrogen-bond donors (Lipinski definition) is 1. The molecule has 6 heteroatoms. The Kier molecular flexibility index (Phi) is 2.93.